The third kappa shape index (κ3) is 3.63. The number of hydrogen-bond acceptors (Lipinski definition) is 2. The number of hydrogen-bond donors (Lipinski definition) is 0. The summed E-state index contributed by atoms with van der Waals surface area (Å²) in [5.41, 5.74) is 0. The van der Waals surface area contributed by atoms with Crippen molar-refractivity contribution in [2.45, 2.75) is 6.18 Å². The van der Waals surface area contributed by atoms with Crippen LogP contribution in [0.1, 0.15) is 0 Å². The van der Waals surface area contributed by atoms with Crippen molar-refractivity contribution in [1.29, 1.82) is 0 Å². The first kappa shape index (κ1) is 10.3. The van der Waals surface area contributed by atoms with Crippen LogP contribution in [0.4, 0.5) is 13.2 Å². The Kier molecular flexibility index (Phi) is 3.13. The van der Waals surface area contributed by atoms with Crippen LogP contribution < -0.4 is 4.74 Å². The molecule has 0 unspecified atom stereocenters. The molecule has 1 heterocycles. The monoisotopic (exact) mass is 255 g/mol. The molecule has 0 radical (unpaired) electrons. The van der Waals surface area contributed by atoms with E-state index in [1.54, 1.807) is 0 Å². The van der Waals surface area contributed by atoms with Crippen LogP contribution in [0.5, 0.6) is 5.75 Å². The van der Waals surface area contributed by atoms with Gasteiger partial charge in [-0.15, -0.1) is 0 Å². The molecule has 1 aromatic heterocycles. The first-order valence-corrected chi connectivity index (χ1v) is 4.08. The fraction of sp³-hybridized carbons (Fsp3) is 0.286. The van der Waals surface area contributed by atoms with E-state index in [4.69, 9.17) is 0 Å². The number of alkyl halides is 3. The Morgan fingerprint density at radius 2 is 2.15 bits per heavy atom. The lowest BCUT2D eigenvalue weighted by molar-refractivity contribution is -0.153. The summed E-state index contributed by atoms with van der Waals surface area (Å²) in [4.78, 5) is 3.70. The minimum Gasteiger partial charge on any atom is -0.481 e. The van der Waals surface area contributed by atoms with E-state index in [9.17, 15) is 13.2 Å². The van der Waals surface area contributed by atoms with Crippen LogP contribution >= 0.6 is 15.9 Å². The van der Waals surface area contributed by atoms with Crippen molar-refractivity contribution in [3.63, 3.8) is 0 Å². The molecule has 0 atom stereocenters. The van der Waals surface area contributed by atoms with Gasteiger partial charge in [0.05, 0.1) is 0 Å². The average Bonchev–Trinajstić information content (AvgIpc) is 2.01. The summed E-state index contributed by atoms with van der Waals surface area (Å²) in [6, 6.07) is 2.90. The second kappa shape index (κ2) is 3.95. The molecule has 0 amide bonds. The zero-order valence-corrected chi connectivity index (χ0v) is 7.89. The SMILES string of the molecule is FC(F)(F)COc1cccnc1Br. The van der Waals surface area contributed by atoms with E-state index in [1.165, 1.54) is 18.3 Å². The fourth-order valence-electron chi connectivity index (χ4n) is 0.639. The van der Waals surface area contributed by atoms with E-state index in [0.717, 1.165) is 0 Å². The Bertz CT molecular complexity index is 289. The van der Waals surface area contributed by atoms with Gasteiger partial charge in [-0.1, -0.05) is 0 Å². The number of ether oxygens (including phenoxy) is 1. The summed E-state index contributed by atoms with van der Waals surface area (Å²) in [7, 11) is 0. The molecule has 0 aromatic carbocycles. The van der Waals surface area contributed by atoms with Gasteiger partial charge >= 0.3 is 6.18 Å². The van der Waals surface area contributed by atoms with Gasteiger partial charge in [0.1, 0.15) is 4.60 Å². The lowest BCUT2D eigenvalue weighted by atomic mass is 10.5. The minimum atomic E-state index is -4.32. The fourth-order valence-corrected chi connectivity index (χ4v) is 1.00. The molecule has 72 valence electrons. The third-order valence-electron chi connectivity index (χ3n) is 1.12. The van der Waals surface area contributed by atoms with Gasteiger partial charge in [-0.3, -0.25) is 0 Å². The Balaban J connectivity index is 2.60. The molecular weight excluding hydrogens is 251 g/mol. The molecular formula is C7H5BrF3NO. The normalized spacial score (nSPS) is 11.4. The molecule has 0 saturated heterocycles. The highest BCUT2D eigenvalue weighted by Crippen LogP contribution is 2.23. The van der Waals surface area contributed by atoms with Crippen LogP contribution in [0.25, 0.3) is 0 Å². The Morgan fingerprint density at radius 3 is 2.69 bits per heavy atom. The van der Waals surface area contributed by atoms with Gasteiger partial charge in [0.25, 0.3) is 0 Å². The highest BCUT2D eigenvalue weighted by Gasteiger charge is 2.28. The molecule has 0 spiro atoms. The minimum absolute atomic E-state index is 0.0832. The number of halogens is 4. The maximum absolute atomic E-state index is 11.7. The topological polar surface area (TPSA) is 22.1 Å². The van der Waals surface area contributed by atoms with Crippen molar-refractivity contribution in [3.05, 3.63) is 22.9 Å². The first-order chi connectivity index (χ1) is 5.99. The highest BCUT2D eigenvalue weighted by atomic mass is 79.9. The second-order valence-corrected chi connectivity index (χ2v) is 2.95. The van der Waals surface area contributed by atoms with E-state index in [0.29, 0.717) is 0 Å². The molecule has 1 rings (SSSR count). The number of aromatic nitrogens is 1. The van der Waals surface area contributed by atoms with Gasteiger partial charge in [0, 0.05) is 6.20 Å². The van der Waals surface area contributed by atoms with Crippen LogP contribution in [-0.2, 0) is 0 Å². The van der Waals surface area contributed by atoms with Gasteiger partial charge in [0.15, 0.2) is 12.4 Å². The predicted molar refractivity (Wildman–Crippen MR) is 43.5 cm³/mol. The van der Waals surface area contributed by atoms with Gasteiger partial charge in [-0.2, -0.15) is 13.2 Å². The van der Waals surface area contributed by atoms with Crippen molar-refractivity contribution < 1.29 is 17.9 Å². The molecule has 13 heavy (non-hydrogen) atoms. The maximum Gasteiger partial charge on any atom is 0.422 e. The van der Waals surface area contributed by atoms with Gasteiger partial charge in [0.2, 0.25) is 0 Å². The zero-order valence-electron chi connectivity index (χ0n) is 6.31. The van der Waals surface area contributed by atoms with Crippen LogP contribution in [0.15, 0.2) is 22.9 Å². The molecule has 6 heteroatoms. The molecule has 0 saturated carbocycles. The lowest BCUT2D eigenvalue weighted by Gasteiger charge is -2.09. The summed E-state index contributed by atoms with van der Waals surface area (Å²) in [6.45, 7) is -1.31. The van der Waals surface area contributed by atoms with Crippen LogP contribution in [0.3, 0.4) is 0 Å². The molecule has 2 nitrogen and oxygen atoms in total. The predicted octanol–water partition coefficient (Wildman–Crippen LogP) is 2.79. The van der Waals surface area contributed by atoms with Crippen LogP contribution in [-0.4, -0.2) is 17.8 Å². The number of pyridine rings is 1. The van der Waals surface area contributed by atoms with Crippen molar-refractivity contribution in [2.24, 2.45) is 0 Å². The number of rotatable bonds is 2. The largest absolute Gasteiger partial charge is 0.481 e. The highest BCUT2D eigenvalue weighted by molar-refractivity contribution is 9.10. The molecule has 0 aliphatic carbocycles. The summed E-state index contributed by atoms with van der Waals surface area (Å²) in [6.07, 6.45) is -2.88. The average molecular weight is 256 g/mol. The molecule has 0 bridgehead atoms. The zero-order chi connectivity index (χ0) is 9.90. The summed E-state index contributed by atoms with van der Waals surface area (Å²) < 4.78 is 39.9. The molecule has 0 N–H and O–H groups in total. The quantitative estimate of drug-likeness (QED) is 0.759. The van der Waals surface area contributed by atoms with E-state index in [2.05, 4.69) is 25.7 Å². The summed E-state index contributed by atoms with van der Waals surface area (Å²) in [5.74, 6) is 0.0832. The maximum atomic E-state index is 11.7. The lowest BCUT2D eigenvalue weighted by Crippen LogP contribution is -2.19. The van der Waals surface area contributed by atoms with E-state index >= 15 is 0 Å². The van der Waals surface area contributed by atoms with Gasteiger partial charge in [-0.05, 0) is 28.1 Å². The molecule has 0 fully saturated rings. The van der Waals surface area contributed by atoms with E-state index in [1.807, 2.05) is 0 Å². The molecule has 0 aliphatic heterocycles. The van der Waals surface area contributed by atoms with Crippen molar-refractivity contribution in [1.82, 2.24) is 4.98 Å². The Hall–Kier alpha value is -0.780. The summed E-state index contributed by atoms with van der Waals surface area (Å²) in [5, 5.41) is 0. The Labute approximate surface area is 80.9 Å². The van der Waals surface area contributed by atoms with Gasteiger partial charge < -0.3 is 4.74 Å². The van der Waals surface area contributed by atoms with E-state index in [-0.39, 0.29) is 10.4 Å². The molecule has 1 aromatic rings. The van der Waals surface area contributed by atoms with E-state index < -0.39 is 12.8 Å². The first-order valence-electron chi connectivity index (χ1n) is 3.29. The second-order valence-electron chi connectivity index (χ2n) is 2.20. The Morgan fingerprint density at radius 1 is 1.46 bits per heavy atom. The van der Waals surface area contributed by atoms with Crippen LogP contribution in [0.2, 0.25) is 0 Å². The van der Waals surface area contributed by atoms with Crippen LogP contribution in [0, 0.1) is 0 Å². The molecule has 0 aliphatic rings. The van der Waals surface area contributed by atoms with Crippen molar-refractivity contribution in [2.75, 3.05) is 6.61 Å². The smallest absolute Gasteiger partial charge is 0.422 e. The summed E-state index contributed by atoms with van der Waals surface area (Å²) >= 11 is 2.96. The number of nitrogens with zero attached hydrogens (tertiary/aromatic N) is 1. The third-order valence-corrected chi connectivity index (χ3v) is 1.71. The standard InChI is InChI=1S/C7H5BrF3NO/c8-6-5(2-1-3-12-6)13-4-7(9,10)11/h1-3H,4H2. The van der Waals surface area contributed by atoms with Crippen molar-refractivity contribution in [3.8, 4) is 5.75 Å². The van der Waals surface area contributed by atoms with Gasteiger partial charge in [-0.25, -0.2) is 4.98 Å². The van der Waals surface area contributed by atoms with Crippen molar-refractivity contribution >= 4 is 15.9 Å².